The summed E-state index contributed by atoms with van der Waals surface area (Å²) in [4.78, 5) is 0. The first-order valence-corrected chi connectivity index (χ1v) is 4.14. The van der Waals surface area contributed by atoms with Crippen molar-refractivity contribution in [2.75, 3.05) is 0 Å². The van der Waals surface area contributed by atoms with E-state index in [9.17, 15) is 0 Å². The molecule has 0 aromatic rings. The van der Waals surface area contributed by atoms with E-state index in [2.05, 4.69) is 27.5 Å². The standard InChI is InChI=1S/C8H16.CHB/c1-7-5-3-4-6-8(7)2;1-2/h7-8H,3-6H2,1-2H3;1H. The van der Waals surface area contributed by atoms with E-state index < -0.39 is 0 Å². The van der Waals surface area contributed by atoms with Crippen LogP contribution in [0.25, 0.3) is 0 Å². The van der Waals surface area contributed by atoms with Gasteiger partial charge in [-0.25, -0.2) is 0 Å². The SMILES string of the molecule is B#C.CC1CCCCC1C. The molecule has 0 amide bonds. The summed E-state index contributed by atoms with van der Waals surface area (Å²) in [6.07, 6.45) is 9.90. The monoisotopic (exact) mass is 136 g/mol. The molecule has 56 valence electrons. The van der Waals surface area contributed by atoms with Crippen molar-refractivity contribution >= 4 is 7.33 Å². The maximum absolute atomic E-state index is 4.00. The van der Waals surface area contributed by atoms with Gasteiger partial charge in [-0.3, -0.25) is 0 Å². The molecule has 1 rings (SSSR count). The van der Waals surface area contributed by atoms with E-state index in [0.29, 0.717) is 0 Å². The molecule has 0 saturated heterocycles. The third-order valence-corrected chi connectivity index (χ3v) is 2.54. The van der Waals surface area contributed by atoms with Gasteiger partial charge in [-0.2, -0.15) is 0 Å². The summed E-state index contributed by atoms with van der Waals surface area (Å²) in [6, 6.07) is 0. The Morgan fingerprint density at radius 2 is 1.30 bits per heavy atom. The van der Waals surface area contributed by atoms with Crippen molar-refractivity contribution in [1.29, 1.82) is 0 Å². The minimum atomic E-state index is 1.00. The molecule has 0 radical (unpaired) electrons. The zero-order valence-electron chi connectivity index (χ0n) is 7.14. The third kappa shape index (κ3) is 3.13. The molecule has 1 aliphatic carbocycles. The van der Waals surface area contributed by atoms with Gasteiger partial charge in [0.2, 0.25) is 0 Å². The molecule has 1 aliphatic rings. The molecule has 2 unspecified atom stereocenters. The minimum Gasteiger partial charge on any atom is -0.0623 e. The second-order valence-corrected chi connectivity index (χ2v) is 3.24. The van der Waals surface area contributed by atoms with Crippen LogP contribution < -0.4 is 0 Å². The van der Waals surface area contributed by atoms with Crippen LogP contribution >= 0.6 is 0 Å². The Kier molecular flexibility index (Phi) is 5.53. The van der Waals surface area contributed by atoms with Gasteiger partial charge in [0.15, 0.2) is 0 Å². The van der Waals surface area contributed by atoms with E-state index in [1.807, 2.05) is 0 Å². The molecule has 0 aliphatic heterocycles. The Morgan fingerprint density at radius 1 is 1.00 bits per heavy atom. The van der Waals surface area contributed by atoms with Gasteiger partial charge in [0.25, 0.3) is 0 Å². The maximum atomic E-state index is 4.00. The Labute approximate surface area is 65.8 Å². The predicted molar refractivity (Wildman–Crippen MR) is 47.5 cm³/mol. The van der Waals surface area contributed by atoms with Crippen molar-refractivity contribution in [3.05, 3.63) is 0 Å². The minimum absolute atomic E-state index is 1.00. The first kappa shape index (κ1) is 9.84. The van der Waals surface area contributed by atoms with E-state index in [-0.39, 0.29) is 0 Å². The second-order valence-electron chi connectivity index (χ2n) is 3.24. The van der Waals surface area contributed by atoms with Crippen LogP contribution in [0.4, 0.5) is 0 Å². The van der Waals surface area contributed by atoms with Crippen LogP contribution in [0.5, 0.6) is 0 Å². The summed E-state index contributed by atoms with van der Waals surface area (Å²) in [5.74, 6) is 2.01. The van der Waals surface area contributed by atoms with Gasteiger partial charge in [0.1, 0.15) is 0 Å². The average molecular weight is 136 g/mol. The first-order chi connectivity index (χ1) is 4.80. The molecular formula is C9H17B. The van der Waals surface area contributed by atoms with Crippen molar-refractivity contribution in [3.63, 3.8) is 0 Å². The zero-order valence-corrected chi connectivity index (χ0v) is 7.14. The summed E-state index contributed by atoms with van der Waals surface area (Å²) >= 11 is 0. The van der Waals surface area contributed by atoms with Gasteiger partial charge in [-0.15, -0.1) is 0 Å². The molecular weight excluding hydrogens is 119 g/mol. The molecule has 10 heavy (non-hydrogen) atoms. The van der Waals surface area contributed by atoms with Gasteiger partial charge in [-0.1, -0.05) is 39.5 Å². The molecule has 0 N–H and O–H groups in total. The van der Waals surface area contributed by atoms with Gasteiger partial charge in [0, 0.05) is 0 Å². The van der Waals surface area contributed by atoms with E-state index in [4.69, 9.17) is 0 Å². The Morgan fingerprint density at radius 3 is 1.50 bits per heavy atom. The van der Waals surface area contributed by atoms with Crippen molar-refractivity contribution in [2.45, 2.75) is 39.5 Å². The zero-order chi connectivity index (χ0) is 7.98. The van der Waals surface area contributed by atoms with Gasteiger partial charge < -0.3 is 0 Å². The first-order valence-electron chi connectivity index (χ1n) is 4.14. The van der Waals surface area contributed by atoms with Crippen LogP contribution in [-0.2, 0) is 0 Å². The van der Waals surface area contributed by atoms with Gasteiger partial charge >= 0.3 is 13.6 Å². The largest absolute Gasteiger partial charge is 0.0623 e. The molecule has 1 saturated carbocycles. The van der Waals surface area contributed by atoms with E-state index in [1.165, 1.54) is 25.7 Å². The Balaban J connectivity index is 0.000000371. The number of rotatable bonds is 0. The fourth-order valence-corrected chi connectivity index (χ4v) is 1.50. The maximum Gasteiger partial charge on any atom is -0.0417 e. The molecule has 1 heteroatoms. The fourth-order valence-electron chi connectivity index (χ4n) is 1.50. The molecule has 0 bridgehead atoms. The third-order valence-electron chi connectivity index (χ3n) is 2.54. The molecule has 0 heterocycles. The van der Waals surface area contributed by atoms with E-state index in [1.54, 1.807) is 0 Å². The molecule has 0 aromatic carbocycles. The van der Waals surface area contributed by atoms with Crippen molar-refractivity contribution in [1.82, 2.24) is 0 Å². The van der Waals surface area contributed by atoms with Crippen LogP contribution in [0.3, 0.4) is 0 Å². The molecule has 1 fully saturated rings. The summed E-state index contributed by atoms with van der Waals surface area (Å²) < 4.78 is 0. The summed E-state index contributed by atoms with van der Waals surface area (Å²) in [6.45, 7) is 4.76. The molecule has 2 atom stereocenters. The summed E-state index contributed by atoms with van der Waals surface area (Å²) in [5, 5.41) is 0. The fraction of sp³-hybridized carbons (Fsp3) is 0.889. The molecule has 0 spiro atoms. The van der Waals surface area contributed by atoms with Crippen LogP contribution in [-0.4, -0.2) is 7.33 Å². The second kappa shape index (κ2) is 5.62. The van der Waals surface area contributed by atoms with Crippen molar-refractivity contribution in [3.8, 4) is 6.31 Å². The van der Waals surface area contributed by atoms with Crippen LogP contribution in [0.1, 0.15) is 39.5 Å². The van der Waals surface area contributed by atoms with Crippen LogP contribution in [0.2, 0.25) is 0 Å². The molecule has 0 nitrogen and oxygen atoms in total. The van der Waals surface area contributed by atoms with Crippen LogP contribution in [0, 0.1) is 18.1 Å². The topological polar surface area (TPSA) is 0 Å². The number of hydrogen-bond donors (Lipinski definition) is 0. The Bertz CT molecular complexity index is 86.1. The van der Waals surface area contributed by atoms with Gasteiger partial charge in [0.05, 0.1) is 0 Å². The van der Waals surface area contributed by atoms with E-state index >= 15 is 0 Å². The Hall–Kier alpha value is -0.155. The normalized spacial score (nSPS) is 32.3. The van der Waals surface area contributed by atoms with Crippen molar-refractivity contribution < 1.29 is 0 Å². The number of hydrogen-bond acceptors (Lipinski definition) is 0. The smallest absolute Gasteiger partial charge is 0.0417 e. The van der Waals surface area contributed by atoms with Gasteiger partial charge in [-0.05, 0) is 11.8 Å². The predicted octanol–water partition coefficient (Wildman–Crippen LogP) is 2.58. The quantitative estimate of drug-likeness (QED) is 0.449. The summed E-state index contributed by atoms with van der Waals surface area (Å²) in [7, 11) is 4.00. The molecule has 0 aromatic heterocycles. The summed E-state index contributed by atoms with van der Waals surface area (Å²) in [5.41, 5.74) is 0. The van der Waals surface area contributed by atoms with E-state index in [0.717, 1.165) is 11.8 Å². The van der Waals surface area contributed by atoms with Crippen molar-refractivity contribution in [2.24, 2.45) is 11.8 Å². The average Bonchev–Trinajstić information content (AvgIpc) is 2.00. The van der Waals surface area contributed by atoms with Crippen LogP contribution in [0.15, 0.2) is 0 Å².